The molecule has 17 heavy (non-hydrogen) atoms. The number of nitrogens with zero attached hydrogens (tertiary/aromatic N) is 4. The van der Waals surface area contributed by atoms with E-state index in [-0.39, 0.29) is 6.04 Å². The first-order valence-corrected chi connectivity index (χ1v) is 6.74. The molecule has 1 fully saturated rings. The van der Waals surface area contributed by atoms with Crippen molar-refractivity contribution in [2.45, 2.75) is 44.7 Å². The molecule has 0 aromatic carbocycles. The Morgan fingerprint density at radius 3 is 2.76 bits per heavy atom. The van der Waals surface area contributed by atoms with E-state index in [1.807, 2.05) is 4.68 Å². The Bertz CT molecular complexity index is 380. The van der Waals surface area contributed by atoms with Crippen LogP contribution >= 0.6 is 0 Å². The fraction of sp³-hybridized carbons (Fsp3) is 0.833. The summed E-state index contributed by atoms with van der Waals surface area (Å²) < 4.78 is 2.01. The summed E-state index contributed by atoms with van der Waals surface area (Å²) in [5, 5.41) is 4.56. The lowest BCUT2D eigenvalue weighted by molar-refractivity contribution is 0.340. The van der Waals surface area contributed by atoms with Gasteiger partial charge in [-0.25, -0.2) is 9.67 Å². The minimum absolute atomic E-state index is 0.0942. The zero-order valence-corrected chi connectivity index (χ0v) is 10.3. The molecule has 1 atom stereocenters. The van der Waals surface area contributed by atoms with Crippen LogP contribution in [-0.2, 0) is 13.0 Å². The van der Waals surface area contributed by atoms with Crippen molar-refractivity contribution in [2.24, 2.45) is 5.73 Å². The van der Waals surface area contributed by atoms with Gasteiger partial charge in [-0.3, -0.25) is 0 Å². The van der Waals surface area contributed by atoms with Crippen LogP contribution in [0.2, 0.25) is 0 Å². The molecule has 5 heteroatoms. The quantitative estimate of drug-likeness (QED) is 0.838. The average Bonchev–Trinajstić information content (AvgIpc) is 2.95. The van der Waals surface area contributed by atoms with Gasteiger partial charge in [0.1, 0.15) is 5.82 Å². The van der Waals surface area contributed by atoms with Crippen LogP contribution in [0.4, 0.5) is 0 Å². The fourth-order valence-electron chi connectivity index (χ4n) is 2.80. The van der Waals surface area contributed by atoms with Crippen molar-refractivity contribution >= 4 is 0 Å². The zero-order chi connectivity index (χ0) is 11.7. The minimum Gasteiger partial charge on any atom is -0.321 e. The molecule has 94 valence electrons. The third-order valence-corrected chi connectivity index (χ3v) is 3.81. The molecular formula is C12H21N5. The summed E-state index contributed by atoms with van der Waals surface area (Å²) in [5.74, 6) is 1.97. The highest BCUT2D eigenvalue weighted by Gasteiger charge is 2.21. The van der Waals surface area contributed by atoms with Gasteiger partial charge in [-0.05, 0) is 38.8 Å². The Labute approximate surface area is 102 Å². The number of aromatic nitrogens is 3. The van der Waals surface area contributed by atoms with Gasteiger partial charge in [-0.15, -0.1) is 0 Å². The molecule has 1 aromatic heterocycles. The van der Waals surface area contributed by atoms with Crippen LogP contribution in [-0.4, -0.2) is 39.3 Å². The first-order chi connectivity index (χ1) is 8.33. The van der Waals surface area contributed by atoms with E-state index in [0.717, 1.165) is 44.0 Å². The number of fused-ring (bicyclic) bond motifs is 1. The van der Waals surface area contributed by atoms with Crippen LogP contribution in [0.1, 0.15) is 43.4 Å². The van der Waals surface area contributed by atoms with E-state index in [1.165, 1.54) is 25.9 Å². The van der Waals surface area contributed by atoms with Gasteiger partial charge in [0, 0.05) is 19.5 Å². The highest BCUT2D eigenvalue weighted by molar-refractivity contribution is 5.01. The second kappa shape index (κ2) is 4.74. The van der Waals surface area contributed by atoms with Gasteiger partial charge in [0.05, 0.1) is 6.04 Å². The van der Waals surface area contributed by atoms with Crippen molar-refractivity contribution in [3.8, 4) is 0 Å². The van der Waals surface area contributed by atoms with Gasteiger partial charge in [0.15, 0.2) is 5.82 Å². The van der Waals surface area contributed by atoms with E-state index in [0.29, 0.717) is 0 Å². The second-order valence-corrected chi connectivity index (χ2v) is 5.16. The lowest BCUT2D eigenvalue weighted by Crippen LogP contribution is -2.22. The maximum Gasteiger partial charge on any atom is 0.152 e. The molecule has 0 radical (unpaired) electrons. The van der Waals surface area contributed by atoms with Crippen molar-refractivity contribution < 1.29 is 0 Å². The maximum absolute atomic E-state index is 6.04. The van der Waals surface area contributed by atoms with Gasteiger partial charge < -0.3 is 10.6 Å². The van der Waals surface area contributed by atoms with E-state index >= 15 is 0 Å². The van der Waals surface area contributed by atoms with Crippen molar-refractivity contribution in [1.82, 2.24) is 19.7 Å². The summed E-state index contributed by atoms with van der Waals surface area (Å²) in [6.45, 7) is 4.57. The van der Waals surface area contributed by atoms with Crippen LogP contribution in [0.5, 0.6) is 0 Å². The minimum atomic E-state index is 0.0942. The second-order valence-electron chi connectivity index (χ2n) is 5.16. The maximum atomic E-state index is 6.04. The molecule has 3 heterocycles. The predicted molar refractivity (Wildman–Crippen MR) is 65.6 cm³/mol. The Balaban J connectivity index is 1.63. The Hall–Kier alpha value is -0.940. The molecule has 0 saturated carbocycles. The molecule has 1 unspecified atom stereocenters. The summed E-state index contributed by atoms with van der Waals surface area (Å²) in [6.07, 6.45) is 5.83. The van der Waals surface area contributed by atoms with Crippen molar-refractivity contribution in [3.05, 3.63) is 11.6 Å². The summed E-state index contributed by atoms with van der Waals surface area (Å²) in [6, 6.07) is 0.0942. The number of nitrogens with two attached hydrogens (primary N) is 1. The molecule has 0 aliphatic carbocycles. The van der Waals surface area contributed by atoms with Gasteiger partial charge in [-0.2, -0.15) is 5.10 Å². The summed E-state index contributed by atoms with van der Waals surface area (Å²) >= 11 is 0. The molecule has 2 N–H and O–H groups in total. The Kier molecular flexibility index (Phi) is 3.11. The van der Waals surface area contributed by atoms with Crippen LogP contribution in [0.3, 0.4) is 0 Å². The molecule has 5 nitrogen and oxygen atoms in total. The van der Waals surface area contributed by atoms with E-state index in [4.69, 9.17) is 5.73 Å². The Morgan fingerprint density at radius 1 is 1.18 bits per heavy atom. The smallest absolute Gasteiger partial charge is 0.152 e. The highest BCUT2D eigenvalue weighted by Crippen LogP contribution is 2.20. The van der Waals surface area contributed by atoms with Crippen molar-refractivity contribution in [3.63, 3.8) is 0 Å². The third-order valence-electron chi connectivity index (χ3n) is 3.81. The normalized spacial score (nSPS) is 25.1. The fourth-order valence-corrected chi connectivity index (χ4v) is 2.80. The molecule has 0 spiro atoms. The first kappa shape index (κ1) is 11.2. The highest BCUT2D eigenvalue weighted by atomic mass is 15.4. The van der Waals surface area contributed by atoms with E-state index in [1.54, 1.807) is 0 Å². The molecule has 1 aromatic rings. The van der Waals surface area contributed by atoms with Gasteiger partial charge in [0.2, 0.25) is 0 Å². The van der Waals surface area contributed by atoms with Crippen LogP contribution < -0.4 is 5.73 Å². The SMILES string of the molecule is NC1CCCn2nc(CCN3CCCC3)nc21. The standard InChI is InChI=1S/C12H21N5/c13-10-4-3-8-17-12(10)14-11(15-17)5-9-16-6-1-2-7-16/h10H,1-9,13H2. The number of aryl methyl sites for hydroxylation is 1. The zero-order valence-electron chi connectivity index (χ0n) is 10.3. The molecule has 3 rings (SSSR count). The summed E-state index contributed by atoms with van der Waals surface area (Å²) in [7, 11) is 0. The number of hydrogen-bond donors (Lipinski definition) is 1. The van der Waals surface area contributed by atoms with Gasteiger partial charge in [-0.1, -0.05) is 0 Å². The average molecular weight is 235 g/mol. The van der Waals surface area contributed by atoms with E-state index in [2.05, 4.69) is 15.0 Å². The lowest BCUT2D eigenvalue weighted by atomic mass is 10.1. The molecular weight excluding hydrogens is 214 g/mol. The predicted octanol–water partition coefficient (Wildman–Crippen LogP) is 0.710. The number of hydrogen-bond acceptors (Lipinski definition) is 4. The van der Waals surface area contributed by atoms with E-state index in [9.17, 15) is 0 Å². The van der Waals surface area contributed by atoms with E-state index < -0.39 is 0 Å². The summed E-state index contributed by atoms with van der Waals surface area (Å²) in [5.41, 5.74) is 6.04. The lowest BCUT2D eigenvalue weighted by Gasteiger charge is -2.17. The molecule has 2 aliphatic heterocycles. The third kappa shape index (κ3) is 2.35. The molecule has 0 bridgehead atoms. The topological polar surface area (TPSA) is 60.0 Å². The van der Waals surface area contributed by atoms with Gasteiger partial charge in [0.25, 0.3) is 0 Å². The largest absolute Gasteiger partial charge is 0.321 e. The molecule has 0 amide bonds. The van der Waals surface area contributed by atoms with Crippen molar-refractivity contribution in [2.75, 3.05) is 19.6 Å². The Morgan fingerprint density at radius 2 is 2.00 bits per heavy atom. The molecule has 1 saturated heterocycles. The number of likely N-dealkylation sites (tertiary alicyclic amines) is 1. The van der Waals surface area contributed by atoms with Crippen LogP contribution in [0, 0.1) is 0 Å². The monoisotopic (exact) mass is 235 g/mol. The van der Waals surface area contributed by atoms with Gasteiger partial charge >= 0.3 is 0 Å². The van der Waals surface area contributed by atoms with Crippen LogP contribution in [0.15, 0.2) is 0 Å². The summed E-state index contributed by atoms with van der Waals surface area (Å²) in [4.78, 5) is 7.09. The first-order valence-electron chi connectivity index (χ1n) is 6.74. The van der Waals surface area contributed by atoms with Crippen molar-refractivity contribution in [1.29, 1.82) is 0 Å². The number of rotatable bonds is 3. The molecule has 2 aliphatic rings. The van der Waals surface area contributed by atoms with Crippen LogP contribution in [0.25, 0.3) is 0 Å².